The van der Waals surface area contributed by atoms with Crippen molar-refractivity contribution in [2.24, 2.45) is 0 Å². The highest BCUT2D eigenvalue weighted by atomic mass is 16.5. The van der Waals surface area contributed by atoms with Crippen LogP contribution in [0, 0.1) is 0 Å². The normalized spacial score (nSPS) is 10.4. The highest BCUT2D eigenvalue weighted by Gasteiger charge is 2.05. The molecule has 1 aromatic rings. The van der Waals surface area contributed by atoms with Crippen molar-refractivity contribution in [2.45, 2.75) is 26.3 Å². The SMILES string of the molecule is COCCCNC(=O)c1ccc(NC(C)C)nc1. The Hall–Kier alpha value is -1.62. The van der Waals surface area contributed by atoms with E-state index in [0.29, 0.717) is 24.8 Å². The Morgan fingerprint density at radius 1 is 1.44 bits per heavy atom. The highest BCUT2D eigenvalue weighted by Crippen LogP contribution is 2.06. The Bertz CT molecular complexity index is 363. The van der Waals surface area contributed by atoms with Gasteiger partial charge >= 0.3 is 0 Å². The summed E-state index contributed by atoms with van der Waals surface area (Å²) >= 11 is 0. The predicted octanol–water partition coefficient (Wildman–Crippen LogP) is 1.67. The van der Waals surface area contributed by atoms with Crippen LogP contribution in [0.3, 0.4) is 0 Å². The van der Waals surface area contributed by atoms with Gasteiger partial charge in [0.25, 0.3) is 5.91 Å². The number of nitrogens with zero attached hydrogens (tertiary/aromatic N) is 1. The van der Waals surface area contributed by atoms with Crippen molar-refractivity contribution in [3.63, 3.8) is 0 Å². The monoisotopic (exact) mass is 251 g/mol. The summed E-state index contributed by atoms with van der Waals surface area (Å²) in [6.07, 6.45) is 2.39. The number of amides is 1. The van der Waals surface area contributed by atoms with Gasteiger partial charge in [-0.25, -0.2) is 4.98 Å². The van der Waals surface area contributed by atoms with Crippen molar-refractivity contribution in [3.05, 3.63) is 23.9 Å². The average molecular weight is 251 g/mol. The van der Waals surface area contributed by atoms with Crippen molar-refractivity contribution >= 4 is 11.7 Å². The number of hydrogen-bond acceptors (Lipinski definition) is 4. The third kappa shape index (κ3) is 5.14. The Balaban J connectivity index is 2.43. The number of nitrogens with one attached hydrogen (secondary N) is 2. The van der Waals surface area contributed by atoms with Crippen molar-refractivity contribution in [1.82, 2.24) is 10.3 Å². The van der Waals surface area contributed by atoms with Gasteiger partial charge in [-0.2, -0.15) is 0 Å². The molecule has 0 atom stereocenters. The third-order valence-corrected chi connectivity index (χ3v) is 2.27. The number of ether oxygens (including phenoxy) is 1. The Labute approximate surface area is 108 Å². The van der Waals surface area contributed by atoms with Crippen LogP contribution in [0.25, 0.3) is 0 Å². The van der Waals surface area contributed by atoms with Crippen LogP contribution in [-0.4, -0.2) is 37.2 Å². The molecule has 1 aromatic heterocycles. The van der Waals surface area contributed by atoms with Gasteiger partial charge in [-0.15, -0.1) is 0 Å². The lowest BCUT2D eigenvalue weighted by Crippen LogP contribution is -2.25. The molecule has 0 unspecified atom stereocenters. The van der Waals surface area contributed by atoms with Gasteiger partial charge in [0.05, 0.1) is 5.56 Å². The fraction of sp³-hybridized carbons (Fsp3) is 0.538. The molecular weight excluding hydrogens is 230 g/mol. The second-order valence-corrected chi connectivity index (χ2v) is 4.33. The largest absolute Gasteiger partial charge is 0.385 e. The molecule has 0 saturated heterocycles. The van der Waals surface area contributed by atoms with Gasteiger partial charge in [0.1, 0.15) is 5.82 Å². The fourth-order valence-electron chi connectivity index (χ4n) is 1.43. The molecule has 0 fully saturated rings. The molecule has 0 radical (unpaired) electrons. The molecule has 1 rings (SSSR count). The molecule has 100 valence electrons. The molecule has 5 heteroatoms. The molecule has 18 heavy (non-hydrogen) atoms. The van der Waals surface area contributed by atoms with Gasteiger partial charge < -0.3 is 15.4 Å². The van der Waals surface area contributed by atoms with Crippen LogP contribution in [0.1, 0.15) is 30.6 Å². The first kappa shape index (κ1) is 14.4. The lowest BCUT2D eigenvalue weighted by Gasteiger charge is -2.09. The quantitative estimate of drug-likeness (QED) is 0.724. The first-order chi connectivity index (χ1) is 8.63. The Morgan fingerprint density at radius 2 is 2.22 bits per heavy atom. The molecule has 0 aliphatic heterocycles. The molecule has 0 aliphatic carbocycles. The van der Waals surface area contributed by atoms with Crippen molar-refractivity contribution < 1.29 is 9.53 Å². The summed E-state index contributed by atoms with van der Waals surface area (Å²) in [6, 6.07) is 3.90. The number of rotatable bonds is 7. The van der Waals surface area contributed by atoms with Crippen LogP contribution in [0.2, 0.25) is 0 Å². The topological polar surface area (TPSA) is 63.2 Å². The molecule has 0 spiro atoms. The summed E-state index contributed by atoms with van der Waals surface area (Å²) in [7, 11) is 1.65. The van der Waals surface area contributed by atoms with Gasteiger partial charge in [0.15, 0.2) is 0 Å². The molecule has 0 saturated carbocycles. The molecule has 1 heterocycles. The average Bonchev–Trinajstić information content (AvgIpc) is 2.34. The number of carbonyl (C=O) groups is 1. The summed E-state index contributed by atoms with van der Waals surface area (Å²) in [4.78, 5) is 15.9. The third-order valence-electron chi connectivity index (χ3n) is 2.27. The molecule has 0 aromatic carbocycles. The summed E-state index contributed by atoms with van der Waals surface area (Å²) in [6.45, 7) is 5.34. The van der Waals surface area contributed by atoms with E-state index in [0.717, 1.165) is 12.2 Å². The Morgan fingerprint density at radius 3 is 2.78 bits per heavy atom. The lowest BCUT2D eigenvalue weighted by molar-refractivity contribution is 0.0948. The summed E-state index contributed by atoms with van der Waals surface area (Å²) in [5.41, 5.74) is 0.571. The van der Waals surface area contributed by atoms with E-state index in [1.54, 1.807) is 19.4 Å². The van der Waals surface area contributed by atoms with E-state index in [-0.39, 0.29) is 5.91 Å². The van der Waals surface area contributed by atoms with Crippen molar-refractivity contribution in [1.29, 1.82) is 0 Å². The van der Waals surface area contributed by atoms with Crippen molar-refractivity contribution in [3.8, 4) is 0 Å². The number of pyridine rings is 1. The van der Waals surface area contributed by atoms with Crippen LogP contribution >= 0.6 is 0 Å². The zero-order chi connectivity index (χ0) is 13.4. The molecule has 2 N–H and O–H groups in total. The molecular formula is C13H21N3O2. The van der Waals surface area contributed by atoms with Gasteiger partial charge in [-0.1, -0.05) is 0 Å². The van der Waals surface area contributed by atoms with E-state index < -0.39 is 0 Å². The molecule has 1 amide bonds. The minimum absolute atomic E-state index is 0.102. The summed E-state index contributed by atoms with van der Waals surface area (Å²) < 4.78 is 4.91. The van der Waals surface area contributed by atoms with Crippen LogP contribution < -0.4 is 10.6 Å². The lowest BCUT2D eigenvalue weighted by atomic mass is 10.2. The summed E-state index contributed by atoms with van der Waals surface area (Å²) in [5.74, 6) is 0.677. The van der Waals surface area contributed by atoms with E-state index in [9.17, 15) is 4.79 Å². The van der Waals surface area contributed by atoms with Crippen LogP contribution in [0.15, 0.2) is 18.3 Å². The number of carbonyl (C=O) groups excluding carboxylic acids is 1. The standard InChI is InChI=1S/C13H21N3O2/c1-10(2)16-12-6-5-11(9-15-12)13(17)14-7-4-8-18-3/h5-6,9-10H,4,7-8H2,1-3H3,(H,14,17)(H,15,16). The van der Waals surface area contributed by atoms with E-state index >= 15 is 0 Å². The number of hydrogen-bond donors (Lipinski definition) is 2. The van der Waals surface area contributed by atoms with Gasteiger partial charge in [0.2, 0.25) is 0 Å². The van der Waals surface area contributed by atoms with Crippen LogP contribution in [0.4, 0.5) is 5.82 Å². The van der Waals surface area contributed by atoms with Crippen LogP contribution in [0.5, 0.6) is 0 Å². The Kier molecular flexibility index (Phi) is 6.14. The van der Waals surface area contributed by atoms with Gasteiger partial charge in [-0.05, 0) is 32.4 Å². The molecule has 0 bridgehead atoms. The fourth-order valence-corrected chi connectivity index (χ4v) is 1.43. The van der Waals surface area contributed by atoms with E-state index in [4.69, 9.17) is 4.74 Å². The second kappa shape index (κ2) is 7.66. The van der Waals surface area contributed by atoms with E-state index in [1.807, 2.05) is 19.9 Å². The first-order valence-electron chi connectivity index (χ1n) is 6.13. The van der Waals surface area contributed by atoms with Gasteiger partial charge in [-0.3, -0.25) is 4.79 Å². The number of anilines is 1. The van der Waals surface area contributed by atoms with Crippen LogP contribution in [-0.2, 0) is 4.74 Å². The molecule has 0 aliphatic rings. The van der Waals surface area contributed by atoms with Gasteiger partial charge in [0, 0.05) is 32.5 Å². The smallest absolute Gasteiger partial charge is 0.252 e. The highest BCUT2D eigenvalue weighted by molar-refractivity contribution is 5.94. The predicted molar refractivity (Wildman–Crippen MR) is 71.8 cm³/mol. The minimum Gasteiger partial charge on any atom is -0.385 e. The number of aromatic nitrogens is 1. The number of methoxy groups -OCH3 is 1. The zero-order valence-electron chi connectivity index (χ0n) is 11.2. The minimum atomic E-state index is -0.102. The summed E-state index contributed by atoms with van der Waals surface area (Å²) in [5, 5.41) is 5.99. The maximum atomic E-state index is 11.7. The zero-order valence-corrected chi connectivity index (χ0v) is 11.2. The first-order valence-corrected chi connectivity index (χ1v) is 6.13. The van der Waals surface area contributed by atoms with Crippen molar-refractivity contribution in [2.75, 3.05) is 25.6 Å². The molecule has 5 nitrogen and oxygen atoms in total. The maximum absolute atomic E-state index is 11.7. The second-order valence-electron chi connectivity index (χ2n) is 4.33. The van der Waals surface area contributed by atoms with E-state index in [1.165, 1.54) is 0 Å². The maximum Gasteiger partial charge on any atom is 0.252 e. The van der Waals surface area contributed by atoms with E-state index in [2.05, 4.69) is 15.6 Å².